The monoisotopic (exact) mass is 323 g/mol. The van der Waals surface area contributed by atoms with Gasteiger partial charge in [0.1, 0.15) is 6.04 Å². The van der Waals surface area contributed by atoms with Gasteiger partial charge in [0.05, 0.1) is 11.4 Å². The lowest BCUT2D eigenvalue weighted by Gasteiger charge is -2.13. The molecular weight excluding hydrogens is 302 g/mol. The van der Waals surface area contributed by atoms with Gasteiger partial charge in [-0.1, -0.05) is 18.2 Å². The molecule has 0 aliphatic carbocycles. The molecule has 1 aromatic carbocycles. The van der Waals surface area contributed by atoms with Crippen molar-refractivity contribution in [1.82, 2.24) is 24.9 Å². The van der Waals surface area contributed by atoms with E-state index in [4.69, 9.17) is 0 Å². The summed E-state index contributed by atoms with van der Waals surface area (Å²) >= 11 is 0. The van der Waals surface area contributed by atoms with Crippen molar-refractivity contribution in [2.24, 2.45) is 0 Å². The van der Waals surface area contributed by atoms with Crippen molar-refractivity contribution in [3.8, 4) is 5.69 Å². The van der Waals surface area contributed by atoms with Crippen molar-refractivity contribution >= 4 is 5.91 Å². The number of hydrogen-bond donors (Lipinski definition) is 1. The van der Waals surface area contributed by atoms with Crippen LogP contribution in [0.2, 0.25) is 0 Å². The number of rotatable bonds is 5. The average Bonchev–Trinajstić information content (AvgIpc) is 3.22. The van der Waals surface area contributed by atoms with Gasteiger partial charge in [0.2, 0.25) is 5.91 Å². The molecule has 3 rings (SSSR count). The van der Waals surface area contributed by atoms with Crippen molar-refractivity contribution in [2.45, 2.75) is 33.4 Å². The van der Waals surface area contributed by atoms with Gasteiger partial charge in [-0.05, 0) is 39.0 Å². The zero-order valence-electron chi connectivity index (χ0n) is 14.1. The molecule has 1 N–H and O–H groups in total. The lowest BCUT2D eigenvalue weighted by atomic mass is 10.2. The number of hydrogen-bond acceptors (Lipinski definition) is 3. The molecule has 1 amide bonds. The smallest absolute Gasteiger partial charge is 0.244 e. The zero-order valence-corrected chi connectivity index (χ0v) is 14.1. The van der Waals surface area contributed by atoms with Crippen molar-refractivity contribution in [3.05, 3.63) is 65.7 Å². The highest BCUT2D eigenvalue weighted by Gasteiger charge is 2.17. The second kappa shape index (κ2) is 6.70. The summed E-state index contributed by atoms with van der Waals surface area (Å²) < 4.78 is 3.55. The quantitative estimate of drug-likeness (QED) is 0.785. The number of aromatic nitrogens is 4. The first-order valence-electron chi connectivity index (χ1n) is 7.95. The molecule has 1 unspecified atom stereocenters. The van der Waals surface area contributed by atoms with Crippen LogP contribution in [0.4, 0.5) is 0 Å². The van der Waals surface area contributed by atoms with Crippen molar-refractivity contribution in [1.29, 1.82) is 0 Å². The molecule has 0 aliphatic rings. The Kier molecular flexibility index (Phi) is 4.46. The molecule has 24 heavy (non-hydrogen) atoms. The Morgan fingerprint density at radius 3 is 2.62 bits per heavy atom. The Labute approximate surface area is 141 Å². The fourth-order valence-corrected chi connectivity index (χ4v) is 2.70. The summed E-state index contributed by atoms with van der Waals surface area (Å²) in [6, 6.07) is 11.4. The molecule has 6 heteroatoms. The molecule has 0 fully saturated rings. The Bertz CT molecular complexity index is 821. The van der Waals surface area contributed by atoms with Crippen molar-refractivity contribution in [2.75, 3.05) is 0 Å². The highest BCUT2D eigenvalue weighted by atomic mass is 16.2. The third-order valence-corrected chi connectivity index (χ3v) is 4.18. The molecule has 2 aromatic heterocycles. The van der Waals surface area contributed by atoms with Crippen LogP contribution in [0.3, 0.4) is 0 Å². The minimum atomic E-state index is -0.343. The average molecular weight is 323 g/mol. The molecule has 0 bridgehead atoms. The van der Waals surface area contributed by atoms with E-state index >= 15 is 0 Å². The van der Waals surface area contributed by atoms with Crippen LogP contribution in [0.1, 0.15) is 29.9 Å². The number of nitrogens with zero attached hydrogens (tertiary/aromatic N) is 4. The predicted molar refractivity (Wildman–Crippen MR) is 91.8 cm³/mol. The highest BCUT2D eigenvalue weighted by molar-refractivity contribution is 5.79. The highest BCUT2D eigenvalue weighted by Crippen LogP contribution is 2.18. The first-order chi connectivity index (χ1) is 11.6. The number of aryl methyl sites for hydroxylation is 1. The number of amides is 1. The molecule has 0 spiro atoms. The van der Waals surface area contributed by atoms with Crippen LogP contribution in [0.5, 0.6) is 0 Å². The first-order valence-corrected chi connectivity index (χ1v) is 7.95. The van der Waals surface area contributed by atoms with E-state index in [1.54, 1.807) is 17.1 Å². The van der Waals surface area contributed by atoms with Crippen molar-refractivity contribution < 1.29 is 4.79 Å². The summed E-state index contributed by atoms with van der Waals surface area (Å²) in [5.74, 6) is -0.0649. The SMILES string of the molecule is Cc1nn(-c2ccccc2)c(C)c1CNC(=O)C(C)n1cccn1. The molecule has 0 saturated heterocycles. The van der Waals surface area contributed by atoms with E-state index in [0.29, 0.717) is 6.54 Å². The number of benzene rings is 1. The van der Waals surface area contributed by atoms with Crippen LogP contribution in [0.25, 0.3) is 5.69 Å². The van der Waals surface area contributed by atoms with Gasteiger partial charge in [0.25, 0.3) is 0 Å². The van der Waals surface area contributed by atoms with Gasteiger partial charge in [0.15, 0.2) is 0 Å². The van der Waals surface area contributed by atoms with Crippen LogP contribution in [-0.2, 0) is 11.3 Å². The standard InChI is InChI=1S/C18H21N5O/c1-13-17(12-19-18(24)15(3)22-11-7-10-20-22)14(2)23(21-13)16-8-5-4-6-9-16/h4-11,15H,12H2,1-3H3,(H,19,24). The number of para-hydroxylation sites is 1. The largest absolute Gasteiger partial charge is 0.350 e. The number of carbonyl (C=O) groups excluding carboxylic acids is 1. The fraction of sp³-hybridized carbons (Fsp3) is 0.278. The Balaban J connectivity index is 1.74. The summed E-state index contributed by atoms with van der Waals surface area (Å²) in [7, 11) is 0. The number of nitrogens with one attached hydrogen (secondary N) is 1. The Hall–Kier alpha value is -2.89. The summed E-state index contributed by atoms with van der Waals surface area (Å²) in [4.78, 5) is 12.3. The molecule has 0 aliphatic heterocycles. The van der Waals surface area contributed by atoms with E-state index in [2.05, 4.69) is 15.5 Å². The van der Waals surface area contributed by atoms with Gasteiger partial charge < -0.3 is 5.32 Å². The molecular formula is C18H21N5O. The van der Waals surface area contributed by atoms with Crippen LogP contribution in [0.15, 0.2) is 48.8 Å². The van der Waals surface area contributed by atoms with E-state index in [1.165, 1.54) is 0 Å². The Morgan fingerprint density at radius 2 is 1.96 bits per heavy atom. The van der Waals surface area contributed by atoms with E-state index in [1.807, 2.05) is 61.9 Å². The minimum Gasteiger partial charge on any atom is -0.350 e. The summed E-state index contributed by atoms with van der Waals surface area (Å²) in [5.41, 5.74) is 4.01. The van der Waals surface area contributed by atoms with Gasteiger partial charge in [-0.3, -0.25) is 9.48 Å². The minimum absolute atomic E-state index is 0.0649. The van der Waals surface area contributed by atoms with Crippen molar-refractivity contribution in [3.63, 3.8) is 0 Å². The zero-order chi connectivity index (χ0) is 17.1. The summed E-state index contributed by atoms with van der Waals surface area (Å²) in [6.07, 6.45) is 3.45. The molecule has 1 atom stereocenters. The van der Waals surface area contributed by atoms with E-state index in [0.717, 1.165) is 22.6 Å². The van der Waals surface area contributed by atoms with Gasteiger partial charge in [-0.2, -0.15) is 10.2 Å². The fourth-order valence-electron chi connectivity index (χ4n) is 2.70. The maximum absolute atomic E-state index is 12.3. The molecule has 2 heterocycles. The first kappa shape index (κ1) is 16.0. The second-order valence-corrected chi connectivity index (χ2v) is 5.78. The lowest BCUT2D eigenvalue weighted by molar-refractivity contribution is -0.124. The molecule has 0 radical (unpaired) electrons. The van der Waals surface area contributed by atoms with Crippen LogP contribution in [0, 0.1) is 13.8 Å². The summed E-state index contributed by atoms with van der Waals surface area (Å²) in [6.45, 7) is 6.26. The summed E-state index contributed by atoms with van der Waals surface area (Å²) in [5, 5.41) is 11.7. The van der Waals surface area contributed by atoms with E-state index < -0.39 is 0 Å². The van der Waals surface area contributed by atoms with Gasteiger partial charge >= 0.3 is 0 Å². The van der Waals surface area contributed by atoms with Crippen LogP contribution >= 0.6 is 0 Å². The van der Waals surface area contributed by atoms with Gasteiger partial charge in [-0.15, -0.1) is 0 Å². The van der Waals surface area contributed by atoms with Gasteiger partial charge in [-0.25, -0.2) is 4.68 Å². The second-order valence-electron chi connectivity index (χ2n) is 5.78. The molecule has 3 aromatic rings. The van der Waals surface area contributed by atoms with Gasteiger partial charge in [0, 0.05) is 30.2 Å². The topological polar surface area (TPSA) is 64.7 Å². The third-order valence-electron chi connectivity index (χ3n) is 4.18. The van der Waals surface area contributed by atoms with Crippen LogP contribution in [-0.4, -0.2) is 25.5 Å². The maximum Gasteiger partial charge on any atom is 0.244 e. The predicted octanol–water partition coefficient (Wildman–Crippen LogP) is 2.56. The molecule has 0 saturated carbocycles. The maximum atomic E-state index is 12.3. The number of carbonyl (C=O) groups is 1. The normalized spacial score (nSPS) is 12.1. The Morgan fingerprint density at radius 1 is 1.21 bits per heavy atom. The third kappa shape index (κ3) is 3.08. The molecule has 6 nitrogen and oxygen atoms in total. The van der Waals surface area contributed by atoms with Crippen LogP contribution < -0.4 is 5.32 Å². The van der Waals surface area contributed by atoms with E-state index in [-0.39, 0.29) is 11.9 Å². The molecule has 124 valence electrons. The van der Waals surface area contributed by atoms with E-state index in [9.17, 15) is 4.79 Å². The lowest BCUT2D eigenvalue weighted by Crippen LogP contribution is -2.31.